The van der Waals surface area contributed by atoms with Crippen molar-refractivity contribution in [3.8, 4) is 0 Å². The lowest BCUT2D eigenvalue weighted by molar-refractivity contribution is 0.0696. The number of pyridine rings is 1. The molecule has 30 heavy (non-hydrogen) atoms. The van der Waals surface area contributed by atoms with Crippen LogP contribution in [0.3, 0.4) is 0 Å². The zero-order valence-corrected chi connectivity index (χ0v) is 15.9. The second-order valence-electron chi connectivity index (χ2n) is 6.90. The van der Waals surface area contributed by atoms with Gasteiger partial charge in [-0.25, -0.2) is 14.2 Å². The summed E-state index contributed by atoms with van der Waals surface area (Å²) in [7, 11) is 0. The number of hydrogen-bond acceptors (Lipinski definition) is 3. The molecule has 1 amide bonds. The van der Waals surface area contributed by atoms with Crippen LogP contribution in [0.15, 0.2) is 73.1 Å². The van der Waals surface area contributed by atoms with Crippen molar-refractivity contribution < 1.29 is 19.1 Å². The van der Waals surface area contributed by atoms with Crippen LogP contribution in [0.2, 0.25) is 0 Å². The van der Waals surface area contributed by atoms with Crippen molar-refractivity contribution in [3.05, 3.63) is 107 Å². The molecular weight excluding hydrogens is 385 g/mol. The number of carboxylic acid groups (broad SMARTS) is 1. The Bertz CT molecular complexity index is 1230. The number of nitrogens with one attached hydrogen (secondary N) is 1. The first-order valence-corrected chi connectivity index (χ1v) is 9.30. The van der Waals surface area contributed by atoms with Crippen LogP contribution in [0.4, 0.5) is 4.39 Å². The molecule has 0 aliphatic carbocycles. The largest absolute Gasteiger partial charge is 0.478 e. The minimum atomic E-state index is -0.990. The lowest BCUT2D eigenvalue weighted by Crippen LogP contribution is -2.22. The average Bonchev–Trinajstić information content (AvgIpc) is 3.13. The van der Waals surface area contributed by atoms with Crippen molar-refractivity contribution in [1.82, 2.24) is 14.7 Å². The Hall–Kier alpha value is -4.00. The van der Waals surface area contributed by atoms with E-state index in [2.05, 4.69) is 10.3 Å². The molecule has 0 saturated carbocycles. The van der Waals surface area contributed by atoms with Gasteiger partial charge in [-0.3, -0.25) is 4.79 Å². The molecule has 0 fully saturated rings. The number of nitrogens with zero attached hydrogens (tertiary/aromatic N) is 2. The molecule has 2 heterocycles. The molecule has 0 saturated heterocycles. The number of amides is 1. The molecule has 0 aliphatic rings. The summed E-state index contributed by atoms with van der Waals surface area (Å²) >= 11 is 0. The van der Waals surface area contributed by atoms with Crippen LogP contribution in [0.5, 0.6) is 0 Å². The number of carboxylic acids is 1. The molecule has 0 atom stereocenters. The molecule has 0 aliphatic heterocycles. The van der Waals surface area contributed by atoms with Crippen molar-refractivity contribution in [2.75, 3.05) is 0 Å². The fourth-order valence-corrected chi connectivity index (χ4v) is 3.17. The average molecular weight is 403 g/mol. The summed E-state index contributed by atoms with van der Waals surface area (Å²) in [5.41, 5.74) is 3.69. The predicted molar refractivity (Wildman–Crippen MR) is 109 cm³/mol. The molecule has 2 aromatic heterocycles. The minimum absolute atomic E-state index is 0.198. The Morgan fingerprint density at radius 3 is 2.53 bits per heavy atom. The summed E-state index contributed by atoms with van der Waals surface area (Å²) in [5.74, 6) is -1.53. The summed E-state index contributed by atoms with van der Waals surface area (Å²) in [6.07, 6.45) is 4.10. The van der Waals surface area contributed by atoms with Crippen molar-refractivity contribution in [3.63, 3.8) is 0 Å². The van der Waals surface area contributed by atoms with Gasteiger partial charge in [0.1, 0.15) is 11.5 Å². The van der Waals surface area contributed by atoms with Crippen LogP contribution < -0.4 is 5.32 Å². The van der Waals surface area contributed by atoms with Gasteiger partial charge in [0.25, 0.3) is 5.91 Å². The van der Waals surface area contributed by atoms with Gasteiger partial charge in [-0.1, -0.05) is 24.3 Å². The maximum absolute atomic E-state index is 13.4. The number of imidazole rings is 1. The van der Waals surface area contributed by atoms with E-state index in [9.17, 15) is 14.0 Å². The predicted octanol–water partition coefficient (Wildman–Crippen LogP) is 3.69. The van der Waals surface area contributed by atoms with Crippen LogP contribution in [0.1, 0.15) is 37.5 Å². The zero-order valence-electron chi connectivity index (χ0n) is 15.9. The Labute approximate surface area is 171 Å². The normalized spacial score (nSPS) is 10.8. The van der Waals surface area contributed by atoms with Gasteiger partial charge in [-0.15, -0.1) is 0 Å². The van der Waals surface area contributed by atoms with E-state index < -0.39 is 5.97 Å². The molecule has 6 nitrogen and oxygen atoms in total. The molecule has 0 unspecified atom stereocenters. The number of hydrogen-bond donors (Lipinski definition) is 2. The van der Waals surface area contributed by atoms with Crippen molar-refractivity contribution >= 4 is 17.5 Å². The third kappa shape index (κ3) is 4.35. The number of carbonyl (C=O) groups excluding carboxylic acids is 1. The fourth-order valence-electron chi connectivity index (χ4n) is 3.17. The van der Waals surface area contributed by atoms with Crippen LogP contribution in [0, 0.1) is 5.82 Å². The van der Waals surface area contributed by atoms with E-state index in [0.29, 0.717) is 17.6 Å². The first-order chi connectivity index (χ1) is 14.5. The number of halogens is 1. The molecule has 7 heteroatoms. The van der Waals surface area contributed by atoms with Gasteiger partial charge in [0.2, 0.25) is 0 Å². The quantitative estimate of drug-likeness (QED) is 0.514. The van der Waals surface area contributed by atoms with Crippen LogP contribution in [-0.4, -0.2) is 26.4 Å². The second-order valence-corrected chi connectivity index (χ2v) is 6.90. The third-order valence-corrected chi connectivity index (χ3v) is 4.70. The smallest absolute Gasteiger partial charge is 0.335 e. The van der Waals surface area contributed by atoms with E-state index >= 15 is 0 Å². The Morgan fingerprint density at radius 1 is 1.00 bits per heavy atom. The standard InChI is InChI=1S/C23H18FN3O3/c24-19-3-1-2-16(10-19)11-20-14-27-9-8-18(12-21(27)26-20)22(28)25-13-15-4-6-17(7-5-15)23(29)30/h1-10,12,14H,11,13H2,(H,25,28)(H,29,30). The summed E-state index contributed by atoms with van der Waals surface area (Å²) in [5, 5.41) is 11.7. The number of fused-ring (bicyclic) bond motifs is 1. The molecule has 150 valence electrons. The number of aromatic nitrogens is 2. The lowest BCUT2D eigenvalue weighted by atomic mass is 10.1. The number of benzene rings is 2. The maximum Gasteiger partial charge on any atom is 0.335 e. The van der Waals surface area contributed by atoms with Crippen molar-refractivity contribution in [1.29, 1.82) is 0 Å². The van der Waals surface area contributed by atoms with E-state index in [1.807, 2.05) is 16.7 Å². The molecule has 0 spiro atoms. The Kier molecular flexibility index (Phi) is 5.26. The van der Waals surface area contributed by atoms with Crippen LogP contribution in [-0.2, 0) is 13.0 Å². The number of rotatable bonds is 6. The SMILES string of the molecule is O=C(O)c1ccc(CNC(=O)c2ccn3cc(Cc4cccc(F)c4)nc3c2)cc1. The van der Waals surface area contributed by atoms with Crippen molar-refractivity contribution in [2.45, 2.75) is 13.0 Å². The lowest BCUT2D eigenvalue weighted by Gasteiger charge is -2.06. The van der Waals surface area contributed by atoms with E-state index in [1.165, 1.54) is 24.3 Å². The highest BCUT2D eigenvalue weighted by Crippen LogP contribution is 2.14. The Morgan fingerprint density at radius 2 is 1.80 bits per heavy atom. The van der Waals surface area contributed by atoms with E-state index in [1.54, 1.807) is 36.5 Å². The number of carbonyl (C=O) groups is 2. The second kappa shape index (κ2) is 8.16. The highest BCUT2D eigenvalue weighted by molar-refractivity contribution is 5.95. The molecule has 4 rings (SSSR count). The van der Waals surface area contributed by atoms with Gasteiger partial charge >= 0.3 is 5.97 Å². The topological polar surface area (TPSA) is 83.7 Å². The third-order valence-electron chi connectivity index (χ3n) is 4.70. The monoisotopic (exact) mass is 403 g/mol. The van der Waals surface area contributed by atoms with Gasteiger partial charge in [0, 0.05) is 30.9 Å². The molecule has 0 bridgehead atoms. The van der Waals surface area contributed by atoms with Gasteiger partial charge in [-0.05, 0) is 47.5 Å². The van der Waals surface area contributed by atoms with Gasteiger partial charge in [0.05, 0.1) is 11.3 Å². The minimum Gasteiger partial charge on any atom is -0.478 e. The van der Waals surface area contributed by atoms with Gasteiger partial charge in [0.15, 0.2) is 0 Å². The number of aromatic carboxylic acids is 1. The van der Waals surface area contributed by atoms with E-state index in [-0.39, 0.29) is 23.8 Å². The summed E-state index contributed by atoms with van der Waals surface area (Å²) in [6.45, 7) is 0.281. The highest BCUT2D eigenvalue weighted by atomic mass is 19.1. The van der Waals surface area contributed by atoms with Gasteiger partial charge < -0.3 is 14.8 Å². The van der Waals surface area contributed by atoms with E-state index in [4.69, 9.17) is 5.11 Å². The highest BCUT2D eigenvalue weighted by Gasteiger charge is 2.10. The summed E-state index contributed by atoms with van der Waals surface area (Å²) in [6, 6.07) is 16.1. The molecular formula is C23H18FN3O3. The molecule has 2 aromatic carbocycles. The van der Waals surface area contributed by atoms with Crippen LogP contribution >= 0.6 is 0 Å². The molecule has 2 N–H and O–H groups in total. The van der Waals surface area contributed by atoms with E-state index in [0.717, 1.165) is 16.8 Å². The van der Waals surface area contributed by atoms with Crippen molar-refractivity contribution in [2.24, 2.45) is 0 Å². The van der Waals surface area contributed by atoms with Gasteiger partial charge in [-0.2, -0.15) is 0 Å². The molecule has 0 radical (unpaired) electrons. The fraction of sp³-hybridized carbons (Fsp3) is 0.0870. The summed E-state index contributed by atoms with van der Waals surface area (Å²) < 4.78 is 15.2. The Balaban J connectivity index is 1.44. The first-order valence-electron chi connectivity index (χ1n) is 9.30. The van der Waals surface area contributed by atoms with Crippen LogP contribution in [0.25, 0.3) is 5.65 Å². The zero-order chi connectivity index (χ0) is 21.1. The summed E-state index contributed by atoms with van der Waals surface area (Å²) in [4.78, 5) is 27.9. The first kappa shape index (κ1) is 19.3. The maximum atomic E-state index is 13.4. The molecule has 4 aromatic rings.